The SMILES string of the molecule is Cc1cccc(OC2CCC(CCOC3CCCC3)C2)c1C. The summed E-state index contributed by atoms with van der Waals surface area (Å²) in [4.78, 5) is 0. The summed E-state index contributed by atoms with van der Waals surface area (Å²) in [6, 6.07) is 6.36. The quantitative estimate of drug-likeness (QED) is 0.719. The standard InChI is InChI=1S/C20H30O2/c1-15-6-5-9-20(16(15)2)22-19-11-10-17(14-19)12-13-21-18-7-3-4-8-18/h5-6,9,17-19H,3-4,7-8,10-14H2,1-2H3. The number of rotatable bonds is 6. The van der Waals surface area contributed by atoms with Gasteiger partial charge in [-0.15, -0.1) is 0 Å². The average Bonchev–Trinajstić information content (AvgIpc) is 3.16. The summed E-state index contributed by atoms with van der Waals surface area (Å²) in [5.41, 5.74) is 2.60. The highest BCUT2D eigenvalue weighted by molar-refractivity contribution is 5.38. The molecule has 0 heterocycles. The lowest BCUT2D eigenvalue weighted by atomic mass is 10.0. The van der Waals surface area contributed by atoms with E-state index in [1.54, 1.807) is 0 Å². The maximum Gasteiger partial charge on any atom is 0.122 e. The molecule has 2 saturated carbocycles. The molecule has 0 saturated heterocycles. The summed E-state index contributed by atoms with van der Waals surface area (Å²) >= 11 is 0. The van der Waals surface area contributed by atoms with Gasteiger partial charge < -0.3 is 9.47 Å². The molecule has 2 unspecified atom stereocenters. The lowest BCUT2D eigenvalue weighted by molar-refractivity contribution is 0.0489. The summed E-state index contributed by atoms with van der Waals surface area (Å²) < 4.78 is 12.3. The molecule has 2 heteroatoms. The zero-order valence-electron chi connectivity index (χ0n) is 14.1. The van der Waals surface area contributed by atoms with Crippen molar-refractivity contribution in [3.05, 3.63) is 29.3 Å². The van der Waals surface area contributed by atoms with Gasteiger partial charge in [0.15, 0.2) is 0 Å². The largest absolute Gasteiger partial charge is 0.490 e. The predicted molar refractivity (Wildman–Crippen MR) is 90.5 cm³/mol. The van der Waals surface area contributed by atoms with Gasteiger partial charge in [-0.2, -0.15) is 0 Å². The van der Waals surface area contributed by atoms with Crippen molar-refractivity contribution >= 4 is 0 Å². The fourth-order valence-electron chi connectivity index (χ4n) is 3.89. The molecule has 0 bridgehead atoms. The van der Waals surface area contributed by atoms with Gasteiger partial charge in [-0.25, -0.2) is 0 Å². The van der Waals surface area contributed by atoms with E-state index < -0.39 is 0 Å². The maximum atomic E-state index is 6.26. The number of hydrogen-bond donors (Lipinski definition) is 0. The van der Waals surface area contributed by atoms with Gasteiger partial charge in [-0.05, 0) is 75.5 Å². The number of ether oxygens (including phenoxy) is 2. The average molecular weight is 302 g/mol. The van der Waals surface area contributed by atoms with Crippen LogP contribution in [-0.2, 0) is 4.74 Å². The van der Waals surface area contributed by atoms with E-state index >= 15 is 0 Å². The molecule has 1 aromatic carbocycles. The summed E-state index contributed by atoms with van der Waals surface area (Å²) in [5.74, 6) is 1.87. The minimum absolute atomic E-state index is 0.400. The van der Waals surface area contributed by atoms with Gasteiger partial charge in [-0.1, -0.05) is 25.0 Å². The van der Waals surface area contributed by atoms with Crippen LogP contribution in [0.15, 0.2) is 18.2 Å². The van der Waals surface area contributed by atoms with Crippen molar-refractivity contribution in [1.82, 2.24) is 0 Å². The van der Waals surface area contributed by atoms with E-state index in [2.05, 4.69) is 32.0 Å². The molecule has 3 rings (SSSR count). The van der Waals surface area contributed by atoms with Crippen molar-refractivity contribution in [3.63, 3.8) is 0 Å². The first-order valence-electron chi connectivity index (χ1n) is 9.07. The Labute approximate surface area is 135 Å². The van der Waals surface area contributed by atoms with Gasteiger partial charge in [0.25, 0.3) is 0 Å². The summed E-state index contributed by atoms with van der Waals surface area (Å²) in [6.07, 6.45) is 11.1. The molecule has 0 N–H and O–H groups in total. The van der Waals surface area contributed by atoms with Gasteiger partial charge >= 0.3 is 0 Å². The molecule has 2 aliphatic carbocycles. The Morgan fingerprint density at radius 3 is 2.64 bits per heavy atom. The molecule has 2 nitrogen and oxygen atoms in total. The molecule has 0 aliphatic heterocycles. The molecule has 0 aromatic heterocycles. The Balaban J connectivity index is 1.41. The first kappa shape index (κ1) is 15.9. The van der Waals surface area contributed by atoms with E-state index in [0.29, 0.717) is 12.2 Å². The second-order valence-corrected chi connectivity index (χ2v) is 7.18. The smallest absolute Gasteiger partial charge is 0.122 e. The second kappa shape index (κ2) is 7.50. The fraction of sp³-hybridized carbons (Fsp3) is 0.700. The zero-order valence-corrected chi connectivity index (χ0v) is 14.1. The molecule has 2 atom stereocenters. The van der Waals surface area contributed by atoms with Gasteiger partial charge in [0.2, 0.25) is 0 Å². The number of aryl methyl sites for hydroxylation is 1. The van der Waals surface area contributed by atoms with E-state index in [-0.39, 0.29) is 0 Å². The Kier molecular flexibility index (Phi) is 5.41. The topological polar surface area (TPSA) is 18.5 Å². The highest BCUT2D eigenvalue weighted by atomic mass is 16.5. The van der Waals surface area contributed by atoms with Crippen molar-refractivity contribution < 1.29 is 9.47 Å². The summed E-state index contributed by atoms with van der Waals surface area (Å²) in [7, 11) is 0. The Bertz CT molecular complexity index is 477. The van der Waals surface area contributed by atoms with Crippen LogP contribution in [0.4, 0.5) is 0 Å². The predicted octanol–water partition coefficient (Wildman–Crippen LogP) is 5.20. The van der Waals surface area contributed by atoms with E-state index in [1.807, 2.05) is 0 Å². The van der Waals surface area contributed by atoms with Crippen molar-refractivity contribution in [2.45, 2.75) is 77.4 Å². The molecule has 2 aliphatic rings. The monoisotopic (exact) mass is 302 g/mol. The fourth-order valence-corrected chi connectivity index (χ4v) is 3.89. The van der Waals surface area contributed by atoms with Gasteiger partial charge in [0.1, 0.15) is 5.75 Å². The molecule has 22 heavy (non-hydrogen) atoms. The minimum atomic E-state index is 0.400. The normalized spacial score (nSPS) is 25.7. The van der Waals surface area contributed by atoms with Crippen molar-refractivity contribution in [1.29, 1.82) is 0 Å². The summed E-state index contributed by atoms with van der Waals surface area (Å²) in [6.45, 7) is 5.26. The first-order chi connectivity index (χ1) is 10.7. The Morgan fingerprint density at radius 1 is 1.00 bits per heavy atom. The number of benzene rings is 1. The third kappa shape index (κ3) is 4.04. The van der Waals surface area contributed by atoms with Crippen molar-refractivity contribution in [2.24, 2.45) is 5.92 Å². The Morgan fingerprint density at radius 2 is 1.82 bits per heavy atom. The van der Waals surface area contributed by atoms with Crippen LogP contribution in [0.3, 0.4) is 0 Å². The second-order valence-electron chi connectivity index (χ2n) is 7.18. The van der Waals surface area contributed by atoms with Gasteiger partial charge in [0.05, 0.1) is 12.2 Å². The first-order valence-corrected chi connectivity index (χ1v) is 9.07. The molecule has 122 valence electrons. The molecule has 0 radical (unpaired) electrons. The van der Waals surface area contributed by atoms with Crippen LogP contribution in [0.1, 0.15) is 62.5 Å². The van der Waals surface area contributed by atoms with Gasteiger partial charge in [-0.3, -0.25) is 0 Å². The third-order valence-electron chi connectivity index (χ3n) is 5.52. The molecular weight excluding hydrogens is 272 g/mol. The van der Waals surface area contributed by atoms with Crippen LogP contribution < -0.4 is 4.74 Å². The molecule has 2 fully saturated rings. The van der Waals surface area contributed by atoms with Crippen molar-refractivity contribution in [2.75, 3.05) is 6.61 Å². The van der Waals surface area contributed by atoms with Crippen LogP contribution in [0, 0.1) is 19.8 Å². The van der Waals surface area contributed by atoms with Gasteiger partial charge in [0, 0.05) is 6.61 Å². The number of hydrogen-bond acceptors (Lipinski definition) is 2. The van der Waals surface area contributed by atoms with Crippen LogP contribution in [0.25, 0.3) is 0 Å². The van der Waals surface area contributed by atoms with Crippen LogP contribution >= 0.6 is 0 Å². The zero-order chi connectivity index (χ0) is 15.4. The lowest BCUT2D eigenvalue weighted by Gasteiger charge is -2.17. The Hall–Kier alpha value is -1.02. The maximum absolute atomic E-state index is 6.26. The van der Waals surface area contributed by atoms with Crippen molar-refractivity contribution in [3.8, 4) is 5.75 Å². The van der Waals surface area contributed by atoms with E-state index in [9.17, 15) is 0 Å². The van der Waals surface area contributed by atoms with Crippen LogP contribution in [0.5, 0.6) is 5.75 Å². The highest BCUT2D eigenvalue weighted by Crippen LogP contribution is 2.33. The molecule has 0 spiro atoms. The summed E-state index contributed by atoms with van der Waals surface area (Å²) in [5, 5.41) is 0. The third-order valence-corrected chi connectivity index (χ3v) is 5.52. The van der Waals surface area contributed by atoms with E-state index in [0.717, 1.165) is 18.3 Å². The van der Waals surface area contributed by atoms with E-state index in [4.69, 9.17) is 9.47 Å². The van der Waals surface area contributed by atoms with Crippen LogP contribution in [-0.4, -0.2) is 18.8 Å². The van der Waals surface area contributed by atoms with Crippen LogP contribution in [0.2, 0.25) is 0 Å². The minimum Gasteiger partial charge on any atom is -0.490 e. The molecule has 0 amide bonds. The van der Waals surface area contributed by atoms with E-state index in [1.165, 1.54) is 62.5 Å². The highest BCUT2D eigenvalue weighted by Gasteiger charge is 2.26. The molecule has 1 aromatic rings. The molecular formula is C20H30O2. The lowest BCUT2D eigenvalue weighted by Crippen LogP contribution is -2.14.